The molecular weight excluding hydrogens is 486 g/mol. The molecule has 38 heavy (non-hydrogen) atoms. The van der Waals surface area contributed by atoms with Gasteiger partial charge in [0.05, 0.1) is 0 Å². The fourth-order valence-corrected chi connectivity index (χ4v) is 4.17. The summed E-state index contributed by atoms with van der Waals surface area (Å²) in [7, 11) is 0. The molecule has 0 aromatic heterocycles. The van der Waals surface area contributed by atoms with Crippen LogP contribution >= 0.6 is 0 Å². The van der Waals surface area contributed by atoms with Gasteiger partial charge in [0.1, 0.15) is 11.6 Å². The maximum atomic E-state index is 12.1. The van der Waals surface area contributed by atoms with Crippen LogP contribution in [0, 0.1) is 0 Å². The number of rotatable bonds is 24. The highest BCUT2D eigenvalue weighted by molar-refractivity contribution is 5.84. The Kier molecular flexibility index (Phi) is 21.5. The summed E-state index contributed by atoms with van der Waals surface area (Å²) in [6.07, 6.45) is 16.8. The highest BCUT2D eigenvalue weighted by atomic mass is 16.6. The number of carbonyl (C=O) groups is 4. The summed E-state index contributed by atoms with van der Waals surface area (Å²) >= 11 is 0. The number of unbranched alkanes of at least 4 members (excludes halogenated alkanes) is 13. The van der Waals surface area contributed by atoms with E-state index in [1.54, 1.807) is 0 Å². The number of esters is 1. The van der Waals surface area contributed by atoms with Crippen molar-refractivity contribution in [1.82, 2.24) is 10.6 Å². The third-order valence-electron chi connectivity index (χ3n) is 6.21. The highest BCUT2D eigenvalue weighted by Crippen LogP contribution is 2.15. The number of hydrogen-bond donors (Lipinski definition) is 4. The molecule has 0 aromatic carbocycles. The molecule has 9 heteroatoms. The van der Waals surface area contributed by atoms with Gasteiger partial charge < -0.3 is 26.2 Å². The molecule has 0 radical (unpaired) electrons. The van der Waals surface area contributed by atoms with Crippen LogP contribution in [0.15, 0.2) is 0 Å². The lowest BCUT2D eigenvalue weighted by Gasteiger charge is -2.19. The predicted molar refractivity (Wildman–Crippen MR) is 151 cm³/mol. The van der Waals surface area contributed by atoms with E-state index < -0.39 is 17.6 Å². The minimum atomic E-state index is -1.12. The van der Waals surface area contributed by atoms with Gasteiger partial charge in [0.2, 0.25) is 11.8 Å². The molecule has 2 amide bonds. The van der Waals surface area contributed by atoms with Crippen LogP contribution in [0.3, 0.4) is 0 Å². The molecule has 222 valence electrons. The Morgan fingerprint density at radius 3 is 1.58 bits per heavy atom. The minimum absolute atomic E-state index is 0.0363. The second-order valence-corrected chi connectivity index (χ2v) is 11.2. The largest absolute Gasteiger partial charge is 0.480 e. The summed E-state index contributed by atoms with van der Waals surface area (Å²) in [5, 5.41) is 14.4. The Bertz CT molecular complexity index is 663. The second-order valence-electron chi connectivity index (χ2n) is 11.2. The Morgan fingerprint density at radius 2 is 1.16 bits per heavy atom. The van der Waals surface area contributed by atoms with E-state index in [-0.39, 0.29) is 30.6 Å². The lowest BCUT2D eigenvalue weighted by atomic mass is 10.0. The third-order valence-corrected chi connectivity index (χ3v) is 6.21. The van der Waals surface area contributed by atoms with Crippen molar-refractivity contribution in [2.75, 3.05) is 13.1 Å². The van der Waals surface area contributed by atoms with Crippen LogP contribution < -0.4 is 16.4 Å². The number of aliphatic carboxylic acids is 1. The average Bonchev–Trinajstić information content (AvgIpc) is 2.83. The van der Waals surface area contributed by atoms with Gasteiger partial charge in [0, 0.05) is 32.4 Å². The number of carboxylic acid groups (broad SMARTS) is 1. The zero-order valence-corrected chi connectivity index (χ0v) is 24.3. The Morgan fingerprint density at radius 1 is 0.711 bits per heavy atom. The monoisotopic (exact) mass is 541 g/mol. The molecule has 0 rings (SSSR count). The number of nitrogens with two attached hydrogens (primary N) is 1. The van der Waals surface area contributed by atoms with Crippen LogP contribution in [0.1, 0.15) is 136 Å². The van der Waals surface area contributed by atoms with E-state index in [2.05, 4.69) is 10.6 Å². The van der Waals surface area contributed by atoms with Crippen LogP contribution in [-0.2, 0) is 23.9 Å². The summed E-state index contributed by atoms with van der Waals surface area (Å²) in [5.41, 5.74) is 4.93. The summed E-state index contributed by atoms with van der Waals surface area (Å²) in [6.45, 7) is 6.37. The van der Waals surface area contributed by atoms with E-state index >= 15 is 0 Å². The van der Waals surface area contributed by atoms with Gasteiger partial charge in [0.25, 0.3) is 0 Å². The van der Waals surface area contributed by atoms with E-state index in [0.29, 0.717) is 25.9 Å². The molecule has 0 aromatic rings. The van der Waals surface area contributed by atoms with Gasteiger partial charge in [-0.15, -0.1) is 0 Å². The lowest BCUT2D eigenvalue weighted by molar-refractivity contribution is -0.155. The van der Waals surface area contributed by atoms with Gasteiger partial charge in [-0.2, -0.15) is 0 Å². The van der Waals surface area contributed by atoms with E-state index in [4.69, 9.17) is 10.5 Å². The molecule has 0 saturated carbocycles. The Balaban J connectivity index is 3.55. The lowest BCUT2D eigenvalue weighted by Crippen LogP contribution is -2.41. The van der Waals surface area contributed by atoms with E-state index in [1.165, 1.54) is 51.4 Å². The number of ether oxygens (including phenoxy) is 1. The molecule has 0 spiro atoms. The molecule has 0 unspecified atom stereocenters. The summed E-state index contributed by atoms with van der Waals surface area (Å²) < 4.78 is 5.32. The number of carbonyl (C=O) groups excluding carboxylic acids is 3. The molecule has 0 aliphatic heterocycles. The number of amides is 2. The maximum Gasteiger partial charge on any atom is 0.326 e. The molecule has 1 atom stereocenters. The molecule has 0 bridgehead atoms. The van der Waals surface area contributed by atoms with Crippen LogP contribution in [-0.4, -0.2) is 53.6 Å². The molecule has 0 aliphatic rings. The molecule has 0 saturated heterocycles. The van der Waals surface area contributed by atoms with Crippen molar-refractivity contribution >= 4 is 23.8 Å². The van der Waals surface area contributed by atoms with Gasteiger partial charge >= 0.3 is 11.9 Å². The van der Waals surface area contributed by atoms with Crippen molar-refractivity contribution in [2.24, 2.45) is 5.73 Å². The predicted octanol–water partition coefficient (Wildman–Crippen LogP) is 4.99. The fourth-order valence-electron chi connectivity index (χ4n) is 4.17. The smallest absolute Gasteiger partial charge is 0.326 e. The quantitative estimate of drug-likeness (QED) is 0.0993. The van der Waals surface area contributed by atoms with E-state index in [9.17, 15) is 24.3 Å². The highest BCUT2D eigenvalue weighted by Gasteiger charge is 2.20. The van der Waals surface area contributed by atoms with Gasteiger partial charge in [0.15, 0.2) is 0 Å². The van der Waals surface area contributed by atoms with Crippen molar-refractivity contribution in [2.45, 2.75) is 148 Å². The summed E-state index contributed by atoms with van der Waals surface area (Å²) in [5.74, 6) is -1.76. The van der Waals surface area contributed by atoms with Crippen molar-refractivity contribution in [3.63, 3.8) is 0 Å². The molecule has 0 heterocycles. The summed E-state index contributed by atoms with van der Waals surface area (Å²) in [6, 6.07) is -1.05. The van der Waals surface area contributed by atoms with Crippen molar-refractivity contribution < 1.29 is 29.0 Å². The van der Waals surface area contributed by atoms with Crippen molar-refractivity contribution in [3.05, 3.63) is 0 Å². The standard InChI is InChI=1S/C29H55N3O6/c1-29(2,3)38-27(35)19-17-15-13-11-9-7-5-4-6-8-10-12-14-16-18-26(34)32-24(28(36)37)20-21-25(33)31-23-22-30/h24H,4-23,30H2,1-3H3,(H,31,33)(H,32,34)(H,36,37)/t24-/m0/s1. The zero-order chi connectivity index (χ0) is 28.7. The van der Waals surface area contributed by atoms with Gasteiger partial charge in [-0.3, -0.25) is 14.4 Å². The van der Waals surface area contributed by atoms with Gasteiger partial charge in [-0.25, -0.2) is 4.79 Å². The number of carboxylic acids is 1. The molecule has 0 aliphatic carbocycles. The van der Waals surface area contributed by atoms with E-state index in [0.717, 1.165) is 38.5 Å². The van der Waals surface area contributed by atoms with Crippen LogP contribution in [0.2, 0.25) is 0 Å². The molecule has 0 fully saturated rings. The number of hydrogen-bond acceptors (Lipinski definition) is 6. The first-order chi connectivity index (χ1) is 18.0. The second kappa shape index (κ2) is 22.8. The minimum Gasteiger partial charge on any atom is -0.480 e. The molecule has 9 nitrogen and oxygen atoms in total. The SMILES string of the molecule is CC(C)(C)OC(=O)CCCCCCCCCCCCCCCCC(=O)N[C@@H](CCC(=O)NCCN)C(=O)O. The zero-order valence-electron chi connectivity index (χ0n) is 24.3. The number of nitrogens with one attached hydrogen (secondary N) is 2. The molecule has 5 N–H and O–H groups in total. The normalized spacial score (nSPS) is 12.1. The maximum absolute atomic E-state index is 12.1. The van der Waals surface area contributed by atoms with Gasteiger partial charge in [-0.05, 0) is 40.0 Å². The Labute approximate surface area is 230 Å². The van der Waals surface area contributed by atoms with Gasteiger partial charge in [-0.1, -0.05) is 77.0 Å². The molecular formula is C29H55N3O6. The topological polar surface area (TPSA) is 148 Å². The summed E-state index contributed by atoms with van der Waals surface area (Å²) in [4.78, 5) is 46.7. The Hall–Kier alpha value is -2.16. The van der Waals surface area contributed by atoms with Crippen LogP contribution in [0.25, 0.3) is 0 Å². The average molecular weight is 542 g/mol. The first-order valence-electron chi connectivity index (χ1n) is 14.8. The van der Waals surface area contributed by atoms with Crippen LogP contribution in [0.4, 0.5) is 0 Å². The third kappa shape index (κ3) is 24.2. The fraction of sp³-hybridized carbons (Fsp3) is 0.862. The first-order valence-corrected chi connectivity index (χ1v) is 14.8. The van der Waals surface area contributed by atoms with Crippen LogP contribution in [0.5, 0.6) is 0 Å². The van der Waals surface area contributed by atoms with E-state index in [1.807, 2.05) is 20.8 Å². The first kappa shape index (κ1) is 35.8. The van der Waals surface area contributed by atoms with Crippen molar-refractivity contribution in [3.8, 4) is 0 Å². The van der Waals surface area contributed by atoms with Crippen molar-refractivity contribution in [1.29, 1.82) is 0 Å².